The van der Waals surface area contributed by atoms with E-state index in [-0.39, 0.29) is 12.3 Å². The van der Waals surface area contributed by atoms with E-state index in [1.54, 1.807) is 13.8 Å². The monoisotopic (exact) mass is 216 g/mol. The minimum atomic E-state index is -1.21. The van der Waals surface area contributed by atoms with Crippen LogP contribution in [0.2, 0.25) is 0 Å². The molecule has 1 amide bonds. The maximum atomic E-state index is 11.7. The quantitative estimate of drug-likeness (QED) is 0.714. The molecule has 88 valence electrons. The summed E-state index contributed by atoms with van der Waals surface area (Å²) < 4.78 is 0. The second-order valence-electron chi connectivity index (χ2n) is 4.98. The number of nitrogens with zero attached hydrogens (tertiary/aromatic N) is 1. The van der Waals surface area contributed by atoms with Gasteiger partial charge in [-0.2, -0.15) is 0 Å². The van der Waals surface area contributed by atoms with Crippen LogP contribution >= 0.6 is 0 Å². The lowest BCUT2D eigenvalue weighted by atomic mass is 9.98. The number of carboxylic acid groups (broad SMARTS) is 1. The summed E-state index contributed by atoms with van der Waals surface area (Å²) in [6, 6.07) is 0. The van der Waals surface area contributed by atoms with Crippen LogP contribution in [0.15, 0.2) is 0 Å². The predicted octanol–water partition coefficient (Wildman–Crippen LogP) is 0.435. The second-order valence-corrected chi connectivity index (χ2v) is 4.98. The molecule has 0 saturated carbocycles. The summed E-state index contributed by atoms with van der Waals surface area (Å²) in [5, 5.41) is 8.93. The maximum Gasteiger partial charge on any atom is 0.329 e. The number of hydrogen-bond donors (Lipinski definition) is 2. The number of rotatable bonds is 4. The third-order valence-electron chi connectivity index (χ3n) is 2.34. The van der Waals surface area contributed by atoms with Gasteiger partial charge in [0.15, 0.2) is 0 Å². The van der Waals surface area contributed by atoms with Crippen molar-refractivity contribution in [3.63, 3.8) is 0 Å². The molecule has 0 aromatic rings. The number of carbonyl (C=O) groups excluding carboxylic acids is 1. The fourth-order valence-electron chi connectivity index (χ4n) is 0.964. The average molecular weight is 216 g/mol. The molecule has 0 aliphatic carbocycles. The van der Waals surface area contributed by atoms with Crippen LogP contribution in [0, 0.1) is 0 Å². The van der Waals surface area contributed by atoms with Gasteiger partial charge in [0.1, 0.15) is 5.54 Å². The largest absolute Gasteiger partial charge is 0.480 e. The van der Waals surface area contributed by atoms with E-state index in [1.165, 1.54) is 25.8 Å². The summed E-state index contributed by atoms with van der Waals surface area (Å²) in [6.45, 7) is 6.42. The number of carbonyl (C=O) groups is 2. The van der Waals surface area contributed by atoms with Crippen LogP contribution in [0.3, 0.4) is 0 Å². The van der Waals surface area contributed by atoms with Crippen LogP contribution in [0.1, 0.15) is 34.1 Å². The molecule has 0 fully saturated rings. The zero-order valence-corrected chi connectivity index (χ0v) is 10.00. The summed E-state index contributed by atoms with van der Waals surface area (Å²) in [5.41, 5.74) is 3.87. The van der Waals surface area contributed by atoms with Crippen molar-refractivity contribution in [3.05, 3.63) is 0 Å². The Bertz CT molecular complexity index is 266. The molecule has 0 aromatic heterocycles. The van der Waals surface area contributed by atoms with Crippen LogP contribution in [0.25, 0.3) is 0 Å². The first-order valence-electron chi connectivity index (χ1n) is 4.77. The standard InChI is InChI=1S/C10H20N2O3/c1-9(2,11)6-7(13)12(5)10(3,4)8(14)15/h6,11H2,1-5H3,(H,14,15). The highest BCUT2D eigenvalue weighted by Gasteiger charge is 2.36. The van der Waals surface area contributed by atoms with Gasteiger partial charge in [0.05, 0.1) is 0 Å². The summed E-state index contributed by atoms with van der Waals surface area (Å²) in [7, 11) is 1.47. The molecular formula is C10H20N2O3. The Morgan fingerprint density at radius 1 is 1.27 bits per heavy atom. The zero-order valence-electron chi connectivity index (χ0n) is 10.00. The van der Waals surface area contributed by atoms with E-state index in [9.17, 15) is 9.59 Å². The van der Waals surface area contributed by atoms with Crippen molar-refractivity contribution in [2.75, 3.05) is 7.05 Å². The smallest absolute Gasteiger partial charge is 0.329 e. The topological polar surface area (TPSA) is 83.6 Å². The fourth-order valence-corrected chi connectivity index (χ4v) is 0.964. The fraction of sp³-hybridized carbons (Fsp3) is 0.800. The molecule has 0 aliphatic rings. The summed E-state index contributed by atoms with van der Waals surface area (Å²) in [6.07, 6.45) is 0.125. The molecule has 0 spiro atoms. The lowest BCUT2D eigenvalue weighted by Crippen LogP contribution is -2.52. The van der Waals surface area contributed by atoms with Crippen molar-refractivity contribution in [1.29, 1.82) is 0 Å². The maximum absolute atomic E-state index is 11.7. The van der Waals surface area contributed by atoms with Gasteiger partial charge in [-0.25, -0.2) is 4.79 Å². The van der Waals surface area contributed by atoms with Gasteiger partial charge in [-0.1, -0.05) is 0 Å². The minimum Gasteiger partial charge on any atom is -0.480 e. The highest BCUT2D eigenvalue weighted by atomic mass is 16.4. The minimum absolute atomic E-state index is 0.125. The average Bonchev–Trinajstić information content (AvgIpc) is 1.99. The molecule has 3 N–H and O–H groups in total. The van der Waals surface area contributed by atoms with Crippen LogP contribution in [0.5, 0.6) is 0 Å². The Morgan fingerprint density at radius 2 is 1.67 bits per heavy atom. The van der Waals surface area contributed by atoms with E-state index in [4.69, 9.17) is 10.8 Å². The highest BCUT2D eigenvalue weighted by molar-refractivity contribution is 5.86. The highest BCUT2D eigenvalue weighted by Crippen LogP contribution is 2.16. The number of nitrogens with two attached hydrogens (primary N) is 1. The lowest BCUT2D eigenvalue weighted by Gasteiger charge is -2.33. The third kappa shape index (κ3) is 3.87. The molecule has 0 saturated heterocycles. The molecule has 5 nitrogen and oxygen atoms in total. The molecule has 0 aliphatic heterocycles. The third-order valence-corrected chi connectivity index (χ3v) is 2.34. The number of amides is 1. The molecule has 0 radical (unpaired) electrons. The van der Waals surface area contributed by atoms with Gasteiger partial charge in [-0.3, -0.25) is 4.79 Å². The number of hydrogen-bond acceptors (Lipinski definition) is 3. The molecule has 0 aromatic carbocycles. The van der Waals surface area contributed by atoms with Crippen molar-refractivity contribution >= 4 is 11.9 Å². The predicted molar refractivity (Wildman–Crippen MR) is 57.4 cm³/mol. The van der Waals surface area contributed by atoms with E-state index in [0.29, 0.717) is 0 Å². The first-order chi connectivity index (χ1) is 6.48. The Kier molecular flexibility index (Phi) is 3.88. The first kappa shape index (κ1) is 13.9. The Balaban J connectivity index is 4.66. The van der Waals surface area contributed by atoms with Crippen molar-refractivity contribution in [3.8, 4) is 0 Å². The Labute approximate surface area is 90.2 Å². The van der Waals surface area contributed by atoms with Gasteiger partial charge in [-0.15, -0.1) is 0 Å². The van der Waals surface area contributed by atoms with Crippen LogP contribution in [-0.2, 0) is 9.59 Å². The van der Waals surface area contributed by atoms with E-state index >= 15 is 0 Å². The summed E-state index contributed by atoms with van der Waals surface area (Å²) in [4.78, 5) is 23.8. The van der Waals surface area contributed by atoms with Crippen LogP contribution in [-0.4, -0.2) is 40.0 Å². The Morgan fingerprint density at radius 3 is 1.93 bits per heavy atom. The molecule has 0 heterocycles. The van der Waals surface area contributed by atoms with Crippen molar-refractivity contribution in [2.45, 2.75) is 45.2 Å². The SMILES string of the molecule is CN(C(=O)CC(C)(C)N)C(C)(C)C(=O)O. The molecule has 0 unspecified atom stereocenters. The van der Waals surface area contributed by atoms with Gasteiger partial charge in [0, 0.05) is 19.0 Å². The van der Waals surface area contributed by atoms with Crippen LogP contribution in [0.4, 0.5) is 0 Å². The van der Waals surface area contributed by atoms with Gasteiger partial charge in [0.2, 0.25) is 5.91 Å². The molecule has 0 rings (SSSR count). The lowest BCUT2D eigenvalue weighted by molar-refractivity contribution is -0.155. The molecule has 0 bridgehead atoms. The van der Waals surface area contributed by atoms with Crippen molar-refractivity contribution in [1.82, 2.24) is 4.90 Å². The van der Waals surface area contributed by atoms with Crippen molar-refractivity contribution < 1.29 is 14.7 Å². The van der Waals surface area contributed by atoms with Gasteiger partial charge < -0.3 is 15.7 Å². The normalized spacial score (nSPS) is 12.4. The number of aliphatic carboxylic acids is 1. The number of likely N-dealkylation sites (N-methyl/N-ethyl adjacent to an activating group) is 1. The summed E-state index contributed by atoms with van der Waals surface area (Å²) >= 11 is 0. The van der Waals surface area contributed by atoms with E-state index in [1.807, 2.05) is 0 Å². The van der Waals surface area contributed by atoms with Crippen LogP contribution < -0.4 is 5.73 Å². The van der Waals surface area contributed by atoms with Gasteiger partial charge >= 0.3 is 5.97 Å². The first-order valence-corrected chi connectivity index (χ1v) is 4.77. The Hall–Kier alpha value is -1.10. The molecule has 5 heteroatoms. The molecule has 15 heavy (non-hydrogen) atoms. The van der Waals surface area contributed by atoms with E-state index in [2.05, 4.69) is 0 Å². The van der Waals surface area contributed by atoms with E-state index in [0.717, 1.165) is 0 Å². The zero-order chi connectivity index (χ0) is 12.4. The van der Waals surface area contributed by atoms with Gasteiger partial charge in [-0.05, 0) is 27.7 Å². The second kappa shape index (κ2) is 4.18. The van der Waals surface area contributed by atoms with E-state index < -0.39 is 17.0 Å². The molecule has 0 atom stereocenters. The molecular weight excluding hydrogens is 196 g/mol. The van der Waals surface area contributed by atoms with Crippen molar-refractivity contribution in [2.24, 2.45) is 5.73 Å². The summed E-state index contributed by atoms with van der Waals surface area (Å²) in [5.74, 6) is -1.30. The van der Waals surface area contributed by atoms with Gasteiger partial charge in [0.25, 0.3) is 0 Å². The number of carboxylic acids is 1.